The number of anilines is 1. The van der Waals surface area contributed by atoms with E-state index in [0.29, 0.717) is 5.76 Å². The van der Waals surface area contributed by atoms with E-state index in [9.17, 15) is 17.6 Å². The highest BCUT2D eigenvalue weighted by Gasteiger charge is 2.28. The second-order valence-electron chi connectivity index (χ2n) is 5.73. The van der Waals surface area contributed by atoms with Crippen LogP contribution in [0.25, 0.3) is 0 Å². The predicted molar refractivity (Wildman–Crippen MR) is 101 cm³/mol. The van der Waals surface area contributed by atoms with Crippen molar-refractivity contribution in [3.8, 4) is 0 Å². The van der Waals surface area contributed by atoms with E-state index in [0.717, 1.165) is 16.6 Å². The molecule has 0 radical (unpaired) electrons. The zero-order chi connectivity index (χ0) is 20.1. The summed E-state index contributed by atoms with van der Waals surface area (Å²) >= 11 is 5.71. The number of carbonyl (C=O) groups is 1. The normalized spacial score (nSPS) is 11.5. The lowest BCUT2D eigenvalue weighted by Gasteiger charge is -2.20. The van der Waals surface area contributed by atoms with Gasteiger partial charge < -0.3 is 9.73 Å². The second-order valence-corrected chi connectivity index (χ2v) is 8.05. The standard InChI is InChI=1S/C18H15ClFN3O4S/c19-17-7-6-16(10-21-17)28(25,26)23(11-15-5-2-8-27-15)12-18(24)22-14-4-1-3-13(20)9-14/h1-10H,11-12H2,(H,22,24). The Hall–Kier alpha value is -2.75. The maximum atomic E-state index is 13.3. The molecule has 0 saturated carbocycles. The molecule has 1 N–H and O–H groups in total. The van der Waals surface area contributed by atoms with Gasteiger partial charge in [-0.1, -0.05) is 17.7 Å². The molecule has 1 aromatic carbocycles. The number of furan rings is 1. The van der Waals surface area contributed by atoms with Gasteiger partial charge in [0.2, 0.25) is 15.9 Å². The van der Waals surface area contributed by atoms with Gasteiger partial charge in [0.25, 0.3) is 0 Å². The minimum absolute atomic E-state index is 0.123. The van der Waals surface area contributed by atoms with Crippen LogP contribution in [0.2, 0.25) is 5.15 Å². The number of rotatable bonds is 7. The first-order valence-corrected chi connectivity index (χ1v) is 9.86. The van der Waals surface area contributed by atoms with Crippen molar-refractivity contribution in [2.24, 2.45) is 0 Å². The Morgan fingerprint density at radius 1 is 1.21 bits per heavy atom. The average molecular weight is 424 g/mol. The summed E-state index contributed by atoms with van der Waals surface area (Å²) in [5.74, 6) is -0.809. The van der Waals surface area contributed by atoms with Gasteiger partial charge in [0.1, 0.15) is 21.6 Å². The molecule has 2 aromatic heterocycles. The first kappa shape index (κ1) is 20.0. The van der Waals surface area contributed by atoms with Crippen molar-refractivity contribution < 1.29 is 22.0 Å². The number of halogens is 2. The van der Waals surface area contributed by atoms with Crippen molar-refractivity contribution in [2.75, 3.05) is 11.9 Å². The molecule has 3 aromatic rings. The van der Waals surface area contributed by atoms with Crippen molar-refractivity contribution >= 4 is 33.2 Å². The number of benzene rings is 1. The number of hydrogen-bond donors (Lipinski definition) is 1. The van der Waals surface area contributed by atoms with Crippen LogP contribution in [-0.2, 0) is 21.4 Å². The minimum Gasteiger partial charge on any atom is -0.468 e. The van der Waals surface area contributed by atoms with Gasteiger partial charge >= 0.3 is 0 Å². The predicted octanol–water partition coefficient (Wildman–Crippen LogP) is 3.30. The summed E-state index contributed by atoms with van der Waals surface area (Å²) in [4.78, 5) is 16.0. The van der Waals surface area contributed by atoms with Gasteiger partial charge in [-0.3, -0.25) is 4.79 Å². The fourth-order valence-electron chi connectivity index (χ4n) is 2.39. The molecule has 0 fully saturated rings. The molecule has 28 heavy (non-hydrogen) atoms. The monoisotopic (exact) mass is 423 g/mol. The molecule has 0 unspecified atom stereocenters. The van der Waals surface area contributed by atoms with Crippen LogP contribution in [0.1, 0.15) is 5.76 Å². The summed E-state index contributed by atoms with van der Waals surface area (Å²) in [6.07, 6.45) is 2.51. The third-order valence-corrected chi connectivity index (χ3v) is 5.68. The Balaban J connectivity index is 1.84. The number of nitrogens with zero attached hydrogens (tertiary/aromatic N) is 2. The maximum absolute atomic E-state index is 13.3. The summed E-state index contributed by atoms with van der Waals surface area (Å²) in [6.45, 7) is -0.684. The van der Waals surface area contributed by atoms with E-state index in [1.165, 1.54) is 36.6 Å². The summed E-state index contributed by atoms with van der Waals surface area (Å²) in [7, 11) is -4.07. The van der Waals surface area contributed by atoms with E-state index in [4.69, 9.17) is 16.0 Å². The third-order valence-electron chi connectivity index (χ3n) is 3.68. The number of nitrogens with one attached hydrogen (secondary N) is 1. The lowest BCUT2D eigenvalue weighted by Crippen LogP contribution is -2.37. The number of amides is 1. The summed E-state index contributed by atoms with van der Waals surface area (Å²) < 4.78 is 45.4. The van der Waals surface area contributed by atoms with E-state index in [1.54, 1.807) is 12.1 Å². The molecule has 0 bridgehead atoms. The van der Waals surface area contributed by atoms with Crippen LogP contribution < -0.4 is 5.32 Å². The first-order chi connectivity index (χ1) is 13.3. The van der Waals surface area contributed by atoms with Crippen molar-refractivity contribution in [1.29, 1.82) is 0 Å². The van der Waals surface area contributed by atoms with Gasteiger partial charge in [-0.2, -0.15) is 4.31 Å². The summed E-state index contributed by atoms with van der Waals surface area (Å²) in [6, 6.07) is 11.1. The van der Waals surface area contributed by atoms with E-state index in [-0.39, 0.29) is 22.3 Å². The molecular weight excluding hydrogens is 409 g/mol. The van der Waals surface area contributed by atoms with Gasteiger partial charge in [0.15, 0.2) is 0 Å². The van der Waals surface area contributed by atoms with Crippen LogP contribution in [-0.4, -0.2) is 30.2 Å². The van der Waals surface area contributed by atoms with Crippen LogP contribution >= 0.6 is 11.6 Å². The van der Waals surface area contributed by atoms with Crippen LogP contribution in [0.15, 0.2) is 70.3 Å². The molecule has 3 rings (SSSR count). The zero-order valence-corrected chi connectivity index (χ0v) is 16.0. The molecule has 10 heteroatoms. The van der Waals surface area contributed by atoms with Gasteiger partial charge in [-0.05, 0) is 42.5 Å². The fraction of sp³-hybridized carbons (Fsp3) is 0.111. The Bertz CT molecular complexity index is 1060. The number of sulfonamides is 1. The summed E-state index contributed by atoms with van der Waals surface area (Å²) in [5.41, 5.74) is 0.216. The molecule has 0 saturated heterocycles. The molecular formula is C18H15ClFN3O4S. The highest BCUT2D eigenvalue weighted by molar-refractivity contribution is 7.89. The minimum atomic E-state index is -4.07. The Kier molecular flexibility index (Phi) is 6.08. The van der Waals surface area contributed by atoms with Crippen LogP contribution in [0, 0.1) is 5.82 Å². The van der Waals surface area contributed by atoms with E-state index in [1.807, 2.05) is 0 Å². The molecule has 7 nitrogen and oxygen atoms in total. The van der Waals surface area contributed by atoms with Gasteiger partial charge in [0, 0.05) is 11.9 Å². The molecule has 1 amide bonds. The summed E-state index contributed by atoms with van der Waals surface area (Å²) in [5, 5.41) is 2.61. The molecule has 0 spiro atoms. The third kappa shape index (κ3) is 4.94. The number of aromatic nitrogens is 1. The van der Waals surface area contributed by atoms with Crippen LogP contribution in [0.5, 0.6) is 0 Å². The van der Waals surface area contributed by atoms with Crippen molar-refractivity contribution in [1.82, 2.24) is 9.29 Å². The Morgan fingerprint density at radius 3 is 2.68 bits per heavy atom. The van der Waals surface area contributed by atoms with Gasteiger partial charge in [-0.25, -0.2) is 17.8 Å². The van der Waals surface area contributed by atoms with Crippen LogP contribution in [0.4, 0.5) is 10.1 Å². The van der Waals surface area contributed by atoms with E-state index in [2.05, 4.69) is 10.3 Å². The highest BCUT2D eigenvalue weighted by atomic mass is 35.5. The number of carbonyl (C=O) groups excluding carboxylic acids is 1. The van der Waals surface area contributed by atoms with Crippen molar-refractivity contribution in [3.05, 3.63) is 77.7 Å². The number of hydrogen-bond acceptors (Lipinski definition) is 5. The van der Waals surface area contributed by atoms with E-state index < -0.39 is 28.3 Å². The molecule has 0 aliphatic heterocycles. The lowest BCUT2D eigenvalue weighted by molar-refractivity contribution is -0.116. The zero-order valence-electron chi connectivity index (χ0n) is 14.4. The van der Waals surface area contributed by atoms with Crippen LogP contribution in [0.3, 0.4) is 0 Å². The quantitative estimate of drug-likeness (QED) is 0.588. The maximum Gasteiger partial charge on any atom is 0.245 e. The molecule has 2 heterocycles. The fourth-order valence-corrected chi connectivity index (χ4v) is 3.81. The largest absolute Gasteiger partial charge is 0.468 e. The number of pyridine rings is 1. The first-order valence-electron chi connectivity index (χ1n) is 8.04. The second kappa shape index (κ2) is 8.51. The Morgan fingerprint density at radius 2 is 2.04 bits per heavy atom. The highest BCUT2D eigenvalue weighted by Crippen LogP contribution is 2.20. The SMILES string of the molecule is O=C(CN(Cc1ccco1)S(=O)(=O)c1ccc(Cl)nc1)Nc1cccc(F)c1. The van der Waals surface area contributed by atoms with E-state index >= 15 is 0 Å². The lowest BCUT2D eigenvalue weighted by atomic mass is 10.3. The van der Waals surface area contributed by atoms with Gasteiger partial charge in [-0.15, -0.1) is 0 Å². The topological polar surface area (TPSA) is 92.5 Å². The van der Waals surface area contributed by atoms with Crippen molar-refractivity contribution in [3.63, 3.8) is 0 Å². The Labute approximate surface area is 165 Å². The average Bonchev–Trinajstić information content (AvgIpc) is 3.14. The smallest absolute Gasteiger partial charge is 0.245 e. The molecule has 0 aliphatic carbocycles. The molecule has 0 aliphatic rings. The molecule has 0 atom stereocenters. The molecule has 146 valence electrons. The van der Waals surface area contributed by atoms with Crippen molar-refractivity contribution in [2.45, 2.75) is 11.4 Å². The van der Waals surface area contributed by atoms with Gasteiger partial charge in [0.05, 0.1) is 19.4 Å².